The predicted molar refractivity (Wildman–Crippen MR) is 247 cm³/mol. The second-order valence-electron chi connectivity index (χ2n) is 15.7. The maximum absolute atomic E-state index is 12.1. The summed E-state index contributed by atoms with van der Waals surface area (Å²) in [5.74, 6) is -0.574. The molecule has 0 aromatic heterocycles. The Labute approximate surface area is 361 Å². The molecule has 0 heterocycles. The van der Waals surface area contributed by atoms with Crippen molar-refractivity contribution >= 4 is 19.7 Å². The molecule has 0 fully saturated rings. The summed E-state index contributed by atoms with van der Waals surface area (Å²) in [5, 5.41) is 12.7. The third-order valence-electron chi connectivity index (χ3n) is 9.92. The molecular formula is C49H88NO8P. The normalized spacial score (nSPS) is 13.8. The third kappa shape index (κ3) is 46.6. The van der Waals surface area contributed by atoms with Crippen LogP contribution in [0.25, 0.3) is 0 Å². The van der Waals surface area contributed by atoms with Crippen LogP contribution in [0.2, 0.25) is 0 Å². The number of ether oxygens (including phenoxy) is 1. The molecule has 2 atom stereocenters. The Morgan fingerprint density at radius 1 is 0.525 bits per heavy atom. The summed E-state index contributed by atoms with van der Waals surface area (Å²) in [6.07, 6.45) is 54.5. The van der Waals surface area contributed by atoms with Crippen LogP contribution in [-0.2, 0) is 27.9 Å². The van der Waals surface area contributed by atoms with Gasteiger partial charge in [0.25, 0.3) is 0 Å². The van der Waals surface area contributed by atoms with Gasteiger partial charge in [0.2, 0.25) is 5.91 Å². The van der Waals surface area contributed by atoms with E-state index in [1.54, 1.807) is 0 Å². The van der Waals surface area contributed by atoms with Crippen molar-refractivity contribution in [3.05, 3.63) is 60.8 Å². The summed E-state index contributed by atoms with van der Waals surface area (Å²) in [6.45, 7) is 3.47. The number of phosphoric acid groups is 1. The lowest BCUT2D eigenvalue weighted by Gasteiger charge is -2.15. The molecule has 0 aromatic carbocycles. The molecule has 0 aromatic rings. The molecular weight excluding hydrogens is 762 g/mol. The number of carbonyl (C=O) groups is 2. The third-order valence-corrected chi connectivity index (χ3v) is 10.9. The van der Waals surface area contributed by atoms with Crippen LogP contribution in [0.4, 0.5) is 0 Å². The van der Waals surface area contributed by atoms with E-state index in [0.29, 0.717) is 12.8 Å². The van der Waals surface area contributed by atoms with Crippen LogP contribution in [0.3, 0.4) is 0 Å². The zero-order valence-electron chi connectivity index (χ0n) is 37.7. The Kier molecular flexibility index (Phi) is 43.5. The Hall–Kier alpha value is -2.29. The number of amides is 1. The first-order valence-electron chi connectivity index (χ1n) is 23.8. The number of rotatable bonds is 44. The van der Waals surface area contributed by atoms with E-state index in [-0.39, 0.29) is 32.1 Å². The Morgan fingerprint density at radius 3 is 1.46 bits per heavy atom. The number of aliphatic hydroxyl groups excluding tert-OH is 1. The van der Waals surface area contributed by atoms with Crippen LogP contribution >= 0.6 is 7.82 Å². The van der Waals surface area contributed by atoms with Crippen molar-refractivity contribution in [2.24, 2.45) is 0 Å². The summed E-state index contributed by atoms with van der Waals surface area (Å²) < 4.78 is 26.9. The van der Waals surface area contributed by atoms with Gasteiger partial charge in [-0.05, 0) is 77.0 Å². The molecule has 0 bridgehead atoms. The molecule has 1 amide bonds. The number of unbranched alkanes of at least 4 members (excludes halogenated alkanes) is 21. The van der Waals surface area contributed by atoms with Gasteiger partial charge in [-0.25, -0.2) is 4.57 Å². The fraction of sp³-hybridized carbons (Fsp3) is 0.755. The summed E-state index contributed by atoms with van der Waals surface area (Å²) in [6, 6.07) is 0. The molecule has 0 aliphatic heterocycles. The Bertz CT molecular complexity index is 1150. The second kappa shape index (κ2) is 45.2. The predicted octanol–water partition coefficient (Wildman–Crippen LogP) is 13.7. The van der Waals surface area contributed by atoms with Gasteiger partial charge in [0.1, 0.15) is 12.7 Å². The lowest BCUT2D eigenvalue weighted by molar-refractivity contribution is -0.147. The van der Waals surface area contributed by atoms with E-state index in [9.17, 15) is 24.2 Å². The highest BCUT2D eigenvalue weighted by Crippen LogP contribution is 2.42. The van der Waals surface area contributed by atoms with Gasteiger partial charge in [-0.1, -0.05) is 177 Å². The van der Waals surface area contributed by atoms with Crippen molar-refractivity contribution in [2.45, 2.75) is 213 Å². The number of carbonyl (C=O) groups excluding carboxylic acids is 2. The van der Waals surface area contributed by atoms with Gasteiger partial charge in [-0.3, -0.25) is 18.6 Å². The molecule has 3 N–H and O–H groups in total. The number of esters is 1. The largest absolute Gasteiger partial charge is 0.472 e. The molecule has 0 spiro atoms. The lowest BCUT2D eigenvalue weighted by atomic mass is 10.0. The number of allylic oxidation sites excluding steroid dienone is 10. The molecule has 9 nitrogen and oxygen atoms in total. The van der Waals surface area contributed by atoms with Gasteiger partial charge in [0.15, 0.2) is 0 Å². The molecule has 0 aliphatic rings. The van der Waals surface area contributed by atoms with Gasteiger partial charge >= 0.3 is 13.8 Å². The standard InChI is InChI=1S/C49H88NO8P/c1-3-5-7-9-11-13-15-17-19-21-22-23-24-26-27-29-31-33-35-37-39-41-48(52)50-43-44-57-59(54,55)58-46-47(51)45-56-49(53)42-40-38-36-34-32-30-28-25-20-18-16-14-12-10-8-6-4-2/h12,14,17-20,28,30,34,36,47,51H,3-11,13,15-16,21-27,29,31-33,35,37-46H2,1-2H3,(H,50,52)(H,54,55)/b14-12-,19-17+,20-18-,30-28-,36-34-. The van der Waals surface area contributed by atoms with E-state index in [1.807, 2.05) is 6.08 Å². The van der Waals surface area contributed by atoms with Crippen LogP contribution in [-0.4, -0.2) is 54.3 Å². The molecule has 0 radical (unpaired) electrons. The molecule has 0 saturated heterocycles. The minimum absolute atomic E-state index is 0.0733. The summed E-state index contributed by atoms with van der Waals surface area (Å²) in [7, 11) is -4.43. The fourth-order valence-corrected chi connectivity index (χ4v) is 7.07. The average molecular weight is 850 g/mol. The smallest absolute Gasteiger partial charge is 0.463 e. The topological polar surface area (TPSA) is 131 Å². The van der Waals surface area contributed by atoms with Gasteiger partial charge in [-0.2, -0.15) is 0 Å². The maximum atomic E-state index is 12.1. The lowest BCUT2D eigenvalue weighted by Crippen LogP contribution is -2.27. The number of nitrogens with one attached hydrogen (secondary N) is 1. The van der Waals surface area contributed by atoms with Gasteiger partial charge in [0, 0.05) is 19.4 Å². The van der Waals surface area contributed by atoms with E-state index in [2.05, 4.69) is 73.8 Å². The van der Waals surface area contributed by atoms with E-state index < -0.39 is 26.5 Å². The van der Waals surface area contributed by atoms with Gasteiger partial charge in [-0.15, -0.1) is 0 Å². The zero-order valence-corrected chi connectivity index (χ0v) is 38.6. The Morgan fingerprint density at radius 2 is 0.932 bits per heavy atom. The minimum Gasteiger partial charge on any atom is -0.463 e. The van der Waals surface area contributed by atoms with Crippen molar-refractivity contribution in [1.29, 1.82) is 0 Å². The minimum atomic E-state index is -4.43. The summed E-state index contributed by atoms with van der Waals surface area (Å²) in [4.78, 5) is 34.0. The van der Waals surface area contributed by atoms with Crippen molar-refractivity contribution in [1.82, 2.24) is 5.32 Å². The van der Waals surface area contributed by atoms with Crippen LogP contribution in [0.5, 0.6) is 0 Å². The molecule has 0 aliphatic carbocycles. The summed E-state index contributed by atoms with van der Waals surface area (Å²) in [5.41, 5.74) is 0. The number of phosphoric ester groups is 1. The highest BCUT2D eigenvalue weighted by molar-refractivity contribution is 7.47. The number of aliphatic hydroxyl groups is 1. The summed E-state index contributed by atoms with van der Waals surface area (Å²) >= 11 is 0. The first-order valence-corrected chi connectivity index (χ1v) is 25.3. The SMILES string of the molecule is CCCCC/C=C\C/C=C\C/C=C\C/C=C\CCCC(=O)OCC(O)COP(=O)(O)OCCNC(=O)CCCCCCCCCCCCC/C=C/CCCCCCCC. The molecule has 59 heavy (non-hydrogen) atoms. The van der Waals surface area contributed by atoms with Crippen LogP contribution < -0.4 is 5.32 Å². The molecule has 0 rings (SSSR count). The van der Waals surface area contributed by atoms with Crippen molar-refractivity contribution in [2.75, 3.05) is 26.4 Å². The molecule has 2 unspecified atom stereocenters. The van der Waals surface area contributed by atoms with Gasteiger partial charge < -0.3 is 20.1 Å². The highest BCUT2D eigenvalue weighted by atomic mass is 31.2. The zero-order chi connectivity index (χ0) is 43.2. The number of hydrogen-bond donors (Lipinski definition) is 3. The monoisotopic (exact) mass is 850 g/mol. The molecule has 10 heteroatoms. The maximum Gasteiger partial charge on any atom is 0.472 e. The van der Waals surface area contributed by atoms with Crippen LogP contribution in [0.15, 0.2) is 60.8 Å². The quantitative estimate of drug-likeness (QED) is 0.0239. The fourth-order valence-electron chi connectivity index (χ4n) is 6.31. The van der Waals surface area contributed by atoms with E-state index in [1.165, 1.54) is 128 Å². The number of hydrogen-bond acceptors (Lipinski definition) is 7. The van der Waals surface area contributed by atoms with E-state index in [0.717, 1.165) is 44.9 Å². The van der Waals surface area contributed by atoms with Crippen molar-refractivity contribution < 1.29 is 37.9 Å². The second-order valence-corrected chi connectivity index (χ2v) is 17.2. The molecule has 0 saturated carbocycles. The van der Waals surface area contributed by atoms with Gasteiger partial charge in [0.05, 0.1) is 13.2 Å². The van der Waals surface area contributed by atoms with Crippen LogP contribution in [0.1, 0.15) is 206 Å². The highest BCUT2D eigenvalue weighted by Gasteiger charge is 2.23. The average Bonchev–Trinajstić information content (AvgIpc) is 3.22. The first-order chi connectivity index (χ1) is 28.8. The molecule has 342 valence electrons. The van der Waals surface area contributed by atoms with Crippen molar-refractivity contribution in [3.8, 4) is 0 Å². The Balaban J connectivity index is 3.63. The van der Waals surface area contributed by atoms with E-state index >= 15 is 0 Å². The first kappa shape index (κ1) is 56.7. The van der Waals surface area contributed by atoms with Crippen LogP contribution in [0, 0.1) is 0 Å². The van der Waals surface area contributed by atoms with E-state index in [4.69, 9.17) is 13.8 Å². The van der Waals surface area contributed by atoms with Crippen molar-refractivity contribution in [3.63, 3.8) is 0 Å².